The predicted octanol–water partition coefficient (Wildman–Crippen LogP) is 2.15. The van der Waals surface area contributed by atoms with E-state index in [1.807, 2.05) is 11.4 Å². The van der Waals surface area contributed by atoms with Gasteiger partial charge in [0.2, 0.25) is 0 Å². The third-order valence-corrected chi connectivity index (χ3v) is 4.34. The van der Waals surface area contributed by atoms with Crippen LogP contribution in [0.1, 0.15) is 41.8 Å². The highest BCUT2D eigenvalue weighted by Gasteiger charge is 2.24. The van der Waals surface area contributed by atoms with E-state index >= 15 is 0 Å². The second kappa shape index (κ2) is 6.20. The van der Waals surface area contributed by atoms with Crippen LogP contribution in [0.5, 0.6) is 5.75 Å². The highest BCUT2D eigenvalue weighted by molar-refractivity contribution is 7.12. The van der Waals surface area contributed by atoms with Crippen LogP contribution in [-0.2, 0) is 0 Å². The summed E-state index contributed by atoms with van der Waals surface area (Å²) in [7, 11) is 1.58. The molecule has 1 saturated carbocycles. The van der Waals surface area contributed by atoms with Crippen LogP contribution in [-0.4, -0.2) is 25.1 Å². The Hall–Kier alpha value is -1.07. The van der Waals surface area contributed by atoms with Crippen molar-refractivity contribution in [2.24, 2.45) is 5.73 Å². The molecule has 5 heteroatoms. The fourth-order valence-electron chi connectivity index (χ4n) is 2.37. The molecule has 1 heterocycles. The van der Waals surface area contributed by atoms with Crippen LogP contribution in [0.4, 0.5) is 0 Å². The minimum absolute atomic E-state index is 0.0656. The van der Waals surface area contributed by atoms with E-state index in [2.05, 4.69) is 5.32 Å². The summed E-state index contributed by atoms with van der Waals surface area (Å²) >= 11 is 1.40. The summed E-state index contributed by atoms with van der Waals surface area (Å²) in [4.78, 5) is 12.8. The topological polar surface area (TPSA) is 64.3 Å². The van der Waals surface area contributed by atoms with Crippen LogP contribution >= 0.6 is 11.3 Å². The van der Waals surface area contributed by atoms with Crippen LogP contribution in [0.2, 0.25) is 0 Å². The van der Waals surface area contributed by atoms with E-state index in [9.17, 15) is 4.79 Å². The normalized spacial score (nSPS) is 24.3. The lowest BCUT2D eigenvalue weighted by atomic mass is 10.0. The number of carbonyl (C=O) groups excluding carboxylic acids is 1. The number of nitrogens with one attached hydrogen (secondary N) is 1. The molecule has 4 nitrogen and oxygen atoms in total. The minimum atomic E-state index is -0.0656. The molecule has 1 aliphatic rings. The first-order valence-electron chi connectivity index (χ1n) is 6.40. The van der Waals surface area contributed by atoms with Crippen LogP contribution in [0.3, 0.4) is 0 Å². The Morgan fingerprint density at radius 3 is 3.00 bits per heavy atom. The van der Waals surface area contributed by atoms with E-state index in [0.717, 1.165) is 25.7 Å². The van der Waals surface area contributed by atoms with Gasteiger partial charge < -0.3 is 15.8 Å². The van der Waals surface area contributed by atoms with Crippen molar-refractivity contribution in [2.75, 3.05) is 7.11 Å². The Morgan fingerprint density at radius 1 is 1.44 bits per heavy atom. The van der Waals surface area contributed by atoms with Gasteiger partial charge in [0, 0.05) is 12.1 Å². The summed E-state index contributed by atoms with van der Waals surface area (Å²) in [5, 5.41) is 4.91. The molecule has 2 rings (SSSR count). The number of nitrogens with two attached hydrogens (primary N) is 1. The van der Waals surface area contributed by atoms with Gasteiger partial charge >= 0.3 is 0 Å². The van der Waals surface area contributed by atoms with E-state index in [0.29, 0.717) is 10.6 Å². The predicted molar refractivity (Wildman–Crippen MR) is 73.2 cm³/mol. The number of rotatable bonds is 3. The second-order valence-corrected chi connectivity index (χ2v) is 5.62. The summed E-state index contributed by atoms with van der Waals surface area (Å²) in [6.45, 7) is 0. The van der Waals surface area contributed by atoms with Crippen LogP contribution in [0.25, 0.3) is 0 Å². The lowest BCUT2D eigenvalue weighted by Gasteiger charge is -2.22. The number of thiophene rings is 1. The molecule has 0 radical (unpaired) electrons. The summed E-state index contributed by atoms with van der Waals surface area (Å²) < 4.78 is 5.17. The maximum Gasteiger partial charge on any atom is 0.265 e. The number of amides is 1. The lowest BCUT2D eigenvalue weighted by Crippen LogP contribution is -2.46. The quantitative estimate of drug-likeness (QED) is 0.826. The van der Waals surface area contributed by atoms with Crippen molar-refractivity contribution in [2.45, 2.75) is 44.2 Å². The summed E-state index contributed by atoms with van der Waals surface area (Å²) in [6, 6.07) is 1.97. The molecule has 2 atom stereocenters. The Labute approximate surface area is 112 Å². The first kappa shape index (κ1) is 13.4. The first-order chi connectivity index (χ1) is 8.72. The molecule has 0 saturated heterocycles. The molecule has 0 aromatic carbocycles. The van der Waals surface area contributed by atoms with E-state index in [-0.39, 0.29) is 18.0 Å². The molecule has 1 aromatic heterocycles. The van der Waals surface area contributed by atoms with E-state index in [1.54, 1.807) is 7.11 Å². The summed E-state index contributed by atoms with van der Waals surface area (Å²) in [6.07, 6.45) is 5.48. The van der Waals surface area contributed by atoms with Gasteiger partial charge in [-0.2, -0.15) is 0 Å². The van der Waals surface area contributed by atoms with Crippen molar-refractivity contribution in [1.82, 2.24) is 5.32 Å². The van der Waals surface area contributed by atoms with Gasteiger partial charge in [-0.15, -0.1) is 11.3 Å². The van der Waals surface area contributed by atoms with E-state index in [1.165, 1.54) is 17.8 Å². The van der Waals surface area contributed by atoms with Crippen LogP contribution in [0, 0.1) is 0 Å². The largest absolute Gasteiger partial charge is 0.495 e. The highest BCUT2D eigenvalue weighted by Crippen LogP contribution is 2.25. The molecule has 1 aliphatic carbocycles. The smallest absolute Gasteiger partial charge is 0.265 e. The monoisotopic (exact) mass is 268 g/mol. The fourth-order valence-corrected chi connectivity index (χ4v) is 3.13. The minimum Gasteiger partial charge on any atom is -0.495 e. The summed E-state index contributed by atoms with van der Waals surface area (Å²) in [5.74, 6) is 0.573. The highest BCUT2D eigenvalue weighted by atomic mass is 32.1. The zero-order chi connectivity index (χ0) is 13.0. The molecule has 1 aromatic rings. The third kappa shape index (κ3) is 3.03. The zero-order valence-electron chi connectivity index (χ0n) is 10.6. The summed E-state index contributed by atoms with van der Waals surface area (Å²) in [5.41, 5.74) is 6.11. The molecule has 1 fully saturated rings. The average molecular weight is 268 g/mol. The Bertz CT molecular complexity index is 405. The standard InChI is InChI=1S/C13H20N2O2S/c1-17-11-7-8-18-12(11)13(16)15-10-6-4-2-3-5-9(10)14/h7-10H,2-6,14H2,1H3,(H,15,16). The molecule has 0 spiro atoms. The molecular formula is C13H20N2O2S. The van der Waals surface area contributed by atoms with Crippen LogP contribution < -0.4 is 15.8 Å². The van der Waals surface area contributed by atoms with Gasteiger partial charge in [-0.25, -0.2) is 0 Å². The van der Waals surface area contributed by atoms with Crippen molar-refractivity contribution < 1.29 is 9.53 Å². The number of hydrogen-bond donors (Lipinski definition) is 2. The van der Waals surface area contributed by atoms with Crippen molar-refractivity contribution >= 4 is 17.2 Å². The third-order valence-electron chi connectivity index (χ3n) is 3.44. The SMILES string of the molecule is COc1ccsc1C(=O)NC1CCCCCC1N. The van der Waals surface area contributed by atoms with Gasteiger partial charge in [0.25, 0.3) is 5.91 Å². The molecule has 2 unspecified atom stereocenters. The molecule has 18 heavy (non-hydrogen) atoms. The maximum atomic E-state index is 12.2. The van der Waals surface area contributed by atoms with Gasteiger partial charge in [0.05, 0.1) is 7.11 Å². The molecular weight excluding hydrogens is 248 g/mol. The van der Waals surface area contributed by atoms with Crippen LogP contribution in [0.15, 0.2) is 11.4 Å². The van der Waals surface area contributed by atoms with E-state index < -0.39 is 0 Å². The molecule has 3 N–H and O–H groups in total. The Kier molecular flexibility index (Phi) is 4.60. The Balaban J connectivity index is 2.01. The van der Waals surface area contributed by atoms with Gasteiger partial charge in [0.1, 0.15) is 10.6 Å². The van der Waals surface area contributed by atoms with Gasteiger partial charge in [0.15, 0.2) is 0 Å². The molecule has 0 aliphatic heterocycles. The molecule has 100 valence electrons. The van der Waals surface area contributed by atoms with Gasteiger partial charge in [-0.3, -0.25) is 4.79 Å². The zero-order valence-corrected chi connectivity index (χ0v) is 11.5. The van der Waals surface area contributed by atoms with Crippen molar-refractivity contribution in [3.8, 4) is 5.75 Å². The average Bonchev–Trinajstić information content (AvgIpc) is 2.76. The number of carbonyl (C=O) groups is 1. The van der Waals surface area contributed by atoms with Gasteiger partial charge in [-0.05, 0) is 24.3 Å². The first-order valence-corrected chi connectivity index (χ1v) is 7.28. The number of ether oxygens (including phenoxy) is 1. The molecule has 0 bridgehead atoms. The second-order valence-electron chi connectivity index (χ2n) is 4.70. The number of hydrogen-bond acceptors (Lipinski definition) is 4. The van der Waals surface area contributed by atoms with Crippen molar-refractivity contribution in [1.29, 1.82) is 0 Å². The lowest BCUT2D eigenvalue weighted by molar-refractivity contribution is 0.0930. The number of methoxy groups -OCH3 is 1. The van der Waals surface area contributed by atoms with E-state index in [4.69, 9.17) is 10.5 Å². The fraction of sp³-hybridized carbons (Fsp3) is 0.615. The molecule has 1 amide bonds. The van der Waals surface area contributed by atoms with Crippen molar-refractivity contribution in [3.05, 3.63) is 16.3 Å². The van der Waals surface area contributed by atoms with Gasteiger partial charge in [-0.1, -0.05) is 19.3 Å². The van der Waals surface area contributed by atoms with Crippen molar-refractivity contribution in [3.63, 3.8) is 0 Å². The maximum absolute atomic E-state index is 12.2. The Morgan fingerprint density at radius 2 is 2.22 bits per heavy atom.